The Hall–Kier alpha value is -3.81. The summed E-state index contributed by atoms with van der Waals surface area (Å²) in [6.45, 7) is 15.7. The Morgan fingerprint density at radius 3 is 1.73 bits per heavy atom. The zero-order chi connectivity index (χ0) is 36.5. The summed E-state index contributed by atoms with van der Waals surface area (Å²) in [6.07, 6.45) is -4.37. The molecule has 0 radical (unpaired) electrons. The van der Waals surface area contributed by atoms with Crippen LogP contribution < -0.4 is 0 Å². The van der Waals surface area contributed by atoms with Gasteiger partial charge in [0.15, 0.2) is 47.2 Å². The molecule has 7 aliphatic heterocycles. The molecule has 4 N–H and O–H groups in total. The topological polar surface area (TPSA) is 234 Å². The largest absolute Gasteiger partial charge is 0.505 e. The second-order valence-electron chi connectivity index (χ2n) is 14.0. The highest BCUT2D eigenvalue weighted by atomic mass is 16.8. The molecule has 0 aromatic carbocycles. The monoisotopic (exact) mass is 734 g/mol. The fraction of sp³-hybridized carbons (Fsp3) is 0.727. The zero-order valence-electron chi connectivity index (χ0n) is 28.5. The minimum atomic E-state index is -1.20. The molecule has 290 valence electrons. The van der Waals surface area contributed by atoms with E-state index in [-0.39, 0.29) is 38.7 Å². The standard InChI is InChI=1S/C13H18O6.2C9H12O6.2CH4/c1-11(2)15-6-13(5,19-11)9-7-8(10(14)16-9)18-12(3,4)17-7;1-9(2)13-3-4(15-9)7-5(10)6(11)8(12)14-7;1-9(2)14-6-5(4(11)3-10)13-8(12)7(6)15-9;;/h9H,6H2,1-5H3;4,7,10-11H,3H2,1-2H3;4-5,10-11H,3H2,1-2H3;2*1H4/t9-,13+;4-,7+;4-,5+;;/m000../s1. The van der Waals surface area contributed by atoms with E-state index in [2.05, 4.69) is 0 Å². The van der Waals surface area contributed by atoms with Crippen LogP contribution in [0.3, 0.4) is 0 Å². The third-order valence-electron chi connectivity index (χ3n) is 7.77. The Balaban J connectivity index is 0.000000205. The SMILES string of the molecule is C.C.CC1(C)OC2=C(O1)[C@@H]([C@@H](O)CO)OC2=O.CC1(C)OC2=C(O1)[C@@H]([C@@]1(C)COC(C)(C)O1)OC2=O.CC1(C)OC[C@@H]([C@H]2OC(=O)C(O)=C2O)O1. The first kappa shape index (κ1) is 41.6. The summed E-state index contributed by atoms with van der Waals surface area (Å²) >= 11 is 0. The van der Waals surface area contributed by atoms with Crippen LogP contribution in [0.1, 0.15) is 77.2 Å². The molecule has 6 atom stereocenters. The first-order chi connectivity index (χ1) is 22.5. The molecule has 0 amide bonds. The van der Waals surface area contributed by atoms with Crippen LogP contribution in [0.4, 0.5) is 0 Å². The predicted molar refractivity (Wildman–Crippen MR) is 169 cm³/mol. The second-order valence-corrected chi connectivity index (χ2v) is 14.0. The van der Waals surface area contributed by atoms with Crippen molar-refractivity contribution in [2.24, 2.45) is 0 Å². The molecule has 0 aliphatic carbocycles. The van der Waals surface area contributed by atoms with Gasteiger partial charge in [-0.25, -0.2) is 14.4 Å². The number of carbonyl (C=O) groups is 3. The van der Waals surface area contributed by atoms with Crippen LogP contribution in [-0.4, -0.2) is 117 Å². The molecular weight excluding hydrogens is 684 g/mol. The minimum absolute atomic E-state index is 0. The number of ether oxygens (including phenoxy) is 11. The highest BCUT2D eigenvalue weighted by molar-refractivity contribution is 5.91. The summed E-state index contributed by atoms with van der Waals surface area (Å²) < 4.78 is 58.6. The summed E-state index contributed by atoms with van der Waals surface area (Å²) in [5, 5.41) is 36.7. The van der Waals surface area contributed by atoms with Gasteiger partial charge in [0.1, 0.15) is 17.8 Å². The highest BCUT2D eigenvalue weighted by Gasteiger charge is 2.59. The van der Waals surface area contributed by atoms with Crippen molar-refractivity contribution in [2.45, 2.75) is 136 Å². The van der Waals surface area contributed by atoms with Gasteiger partial charge < -0.3 is 72.5 Å². The van der Waals surface area contributed by atoms with Crippen LogP contribution in [0.25, 0.3) is 0 Å². The molecule has 18 heteroatoms. The number of aliphatic hydroxyl groups excluding tert-OH is 4. The normalized spacial score (nSPS) is 33.3. The van der Waals surface area contributed by atoms with Crippen LogP contribution in [0.5, 0.6) is 0 Å². The molecule has 2 fully saturated rings. The highest BCUT2D eigenvalue weighted by Crippen LogP contribution is 2.46. The molecule has 7 heterocycles. The summed E-state index contributed by atoms with van der Waals surface area (Å²) in [7, 11) is 0. The smallest absolute Gasteiger partial charge is 0.378 e. The number of cyclic esters (lactones) is 3. The Morgan fingerprint density at radius 1 is 0.706 bits per heavy atom. The van der Waals surface area contributed by atoms with Crippen molar-refractivity contribution in [1.82, 2.24) is 0 Å². The lowest BCUT2D eigenvalue weighted by atomic mass is 9.99. The van der Waals surface area contributed by atoms with E-state index < -0.39 is 95.3 Å². The Morgan fingerprint density at radius 2 is 1.25 bits per heavy atom. The number of carbonyl (C=O) groups excluding carboxylic acids is 3. The zero-order valence-corrected chi connectivity index (χ0v) is 28.5. The first-order valence-electron chi connectivity index (χ1n) is 15.4. The van der Waals surface area contributed by atoms with Crippen LogP contribution >= 0.6 is 0 Å². The average Bonchev–Trinajstić information content (AvgIpc) is 3.83. The van der Waals surface area contributed by atoms with Gasteiger partial charge in [0.25, 0.3) is 11.5 Å². The maximum atomic E-state index is 11.8. The number of hydrogen-bond donors (Lipinski definition) is 4. The molecule has 18 nitrogen and oxygen atoms in total. The van der Waals surface area contributed by atoms with Gasteiger partial charge in [-0.2, -0.15) is 0 Å². The van der Waals surface area contributed by atoms with Crippen molar-refractivity contribution < 1.29 is 86.9 Å². The molecule has 7 rings (SSSR count). The molecule has 0 saturated carbocycles. The molecule has 2 saturated heterocycles. The van der Waals surface area contributed by atoms with E-state index in [9.17, 15) is 24.6 Å². The molecular formula is C33H50O18. The van der Waals surface area contributed by atoms with Crippen molar-refractivity contribution in [3.8, 4) is 0 Å². The van der Waals surface area contributed by atoms with Crippen LogP contribution in [0.15, 0.2) is 34.6 Å². The Labute approximate surface area is 295 Å². The van der Waals surface area contributed by atoms with Gasteiger partial charge in [0, 0.05) is 27.7 Å². The van der Waals surface area contributed by atoms with Crippen LogP contribution in [0, 0.1) is 0 Å². The maximum Gasteiger partial charge on any atom is 0.378 e. The van der Waals surface area contributed by atoms with Crippen molar-refractivity contribution in [2.75, 3.05) is 19.8 Å². The molecule has 51 heavy (non-hydrogen) atoms. The summed E-state index contributed by atoms with van der Waals surface area (Å²) in [5.74, 6) is -5.95. The second kappa shape index (κ2) is 14.0. The fourth-order valence-electron chi connectivity index (χ4n) is 5.74. The average molecular weight is 735 g/mol. The van der Waals surface area contributed by atoms with Crippen LogP contribution in [-0.2, 0) is 66.5 Å². The van der Waals surface area contributed by atoms with Gasteiger partial charge in [-0.1, -0.05) is 14.9 Å². The molecule has 0 aromatic rings. The van der Waals surface area contributed by atoms with Crippen molar-refractivity contribution >= 4 is 17.9 Å². The number of hydrogen-bond acceptors (Lipinski definition) is 18. The van der Waals surface area contributed by atoms with E-state index in [1.54, 1.807) is 41.5 Å². The van der Waals surface area contributed by atoms with Crippen molar-refractivity contribution in [3.63, 3.8) is 0 Å². The maximum absolute atomic E-state index is 11.8. The lowest BCUT2D eigenvalue weighted by Crippen LogP contribution is -2.45. The lowest BCUT2D eigenvalue weighted by Gasteiger charge is -2.32. The van der Waals surface area contributed by atoms with Gasteiger partial charge in [-0.05, 0) is 34.6 Å². The van der Waals surface area contributed by atoms with E-state index in [4.69, 9.17) is 62.3 Å². The number of rotatable bonds is 4. The number of aliphatic hydroxyl groups is 4. The van der Waals surface area contributed by atoms with Gasteiger partial charge in [0.2, 0.25) is 17.3 Å². The molecule has 0 unspecified atom stereocenters. The first-order valence-corrected chi connectivity index (χ1v) is 15.4. The van der Waals surface area contributed by atoms with Gasteiger partial charge in [-0.3, -0.25) is 0 Å². The van der Waals surface area contributed by atoms with E-state index in [0.29, 0.717) is 12.4 Å². The third-order valence-corrected chi connectivity index (χ3v) is 7.77. The molecule has 0 aromatic heterocycles. The van der Waals surface area contributed by atoms with Gasteiger partial charge in [-0.15, -0.1) is 0 Å². The predicted octanol–water partition coefficient (Wildman–Crippen LogP) is 2.37. The van der Waals surface area contributed by atoms with Crippen LogP contribution in [0.2, 0.25) is 0 Å². The fourth-order valence-corrected chi connectivity index (χ4v) is 5.74. The lowest BCUT2D eigenvalue weighted by molar-refractivity contribution is -0.203. The minimum Gasteiger partial charge on any atom is -0.505 e. The van der Waals surface area contributed by atoms with E-state index in [1.165, 1.54) is 0 Å². The van der Waals surface area contributed by atoms with Crippen molar-refractivity contribution in [1.29, 1.82) is 0 Å². The quantitative estimate of drug-likeness (QED) is 0.240. The Bertz CT molecular complexity index is 1490. The molecule has 0 bridgehead atoms. The van der Waals surface area contributed by atoms with E-state index >= 15 is 0 Å². The third kappa shape index (κ3) is 8.31. The molecule has 7 aliphatic rings. The van der Waals surface area contributed by atoms with Gasteiger partial charge >= 0.3 is 17.9 Å². The summed E-state index contributed by atoms with van der Waals surface area (Å²) in [6, 6.07) is 0. The van der Waals surface area contributed by atoms with Gasteiger partial charge in [0.05, 0.1) is 19.8 Å². The summed E-state index contributed by atoms with van der Waals surface area (Å²) in [4.78, 5) is 34.1. The van der Waals surface area contributed by atoms with E-state index in [0.717, 1.165) is 0 Å². The Kier molecular flexibility index (Phi) is 11.4. The summed E-state index contributed by atoms with van der Waals surface area (Å²) in [5.41, 5.74) is -0.778. The number of esters is 3. The van der Waals surface area contributed by atoms with Crippen molar-refractivity contribution in [3.05, 3.63) is 34.6 Å². The molecule has 0 spiro atoms. The van der Waals surface area contributed by atoms with E-state index in [1.807, 2.05) is 20.8 Å².